The average Bonchev–Trinajstić information content (AvgIpc) is 3.00. The van der Waals surface area contributed by atoms with Gasteiger partial charge in [-0.2, -0.15) is 0 Å². The molecule has 3 rings (SSSR count). The maximum atomic E-state index is 10.1. The smallest absolute Gasteiger partial charge is 0.0807 e. The van der Waals surface area contributed by atoms with E-state index in [1.165, 1.54) is 31.5 Å². The van der Waals surface area contributed by atoms with Crippen LogP contribution in [0.25, 0.3) is 0 Å². The summed E-state index contributed by atoms with van der Waals surface area (Å²) in [5, 5.41) is 10.1. The highest BCUT2D eigenvalue weighted by molar-refractivity contribution is 5.56. The Kier molecular flexibility index (Phi) is 2.83. The van der Waals surface area contributed by atoms with Gasteiger partial charge in [0.2, 0.25) is 0 Å². The molecule has 1 saturated carbocycles. The zero-order valence-corrected chi connectivity index (χ0v) is 10.5. The van der Waals surface area contributed by atoms with Gasteiger partial charge in [0.25, 0.3) is 0 Å². The Morgan fingerprint density at radius 2 is 2.18 bits per heavy atom. The zero-order chi connectivity index (χ0) is 11.8. The summed E-state index contributed by atoms with van der Waals surface area (Å²) < 4.78 is 0. The summed E-state index contributed by atoms with van der Waals surface area (Å²) in [6.07, 6.45) is 4.57. The van der Waals surface area contributed by atoms with Crippen LogP contribution in [0.3, 0.4) is 0 Å². The second-order valence-electron chi connectivity index (χ2n) is 5.47. The van der Waals surface area contributed by atoms with Crippen molar-refractivity contribution in [3.05, 3.63) is 29.8 Å². The Hall–Kier alpha value is -1.02. The lowest BCUT2D eigenvalue weighted by Crippen LogP contribution is -2.32. The number of benzene rings is 1. The lowest BCUT2D eigenvalue weighted by Gasteiger charge is -2.32. The molecule has 2 heteroatoms. The third kappa shape index (κ3) is 1.85. The Morgan fingerprint density at radius 1 is 1.35 bits per heavy atom. The van der Waals surface area contributed by atoms with Crippen LogP contribution in [0.2, 0.25) is 0 Å². The number of rotatable bonds is 3. The van der Waals surface area contributed by atoms with E-state index >= 15 is 0 Å². The van der Waals surface area contributed by atoms with Crippen molar-refractivity contribution in [1.82, 2.24) is 0 Å². The van der Waals surface area contributed by atoms with Gasteiger partial charge >= 0.3 is 0 Å². The molecule has 1 aliphatic heterocycles. The summed E-state index contributed by atoms with van der Waals surface area (Å²) in [6, 6.07) is 9.11. The minimum Gasteiger partial charge on any atom is -0.388 e. The summed E-state index contributed by atoms with van der Waals surface area (Å²) in [4.78, 5) is 2.53. The molecular weight excluding hydrogens is 210 g/mol. The highest BCUT2D eigenvalue weighted by atomic mass is 16.3. The molecule has 2 unspecified atom stereocenters. The number of nitrogens with zero attached hydrogens (tertiary/aromatic N) is 1. The number of hydrogen-bond acceptors (Lipinski definition) is 2. The fourth-order valence-corrected chi connectivity index (χ4v) is 3.47. The van der Waals surface area contributed by atoms with Gasteiger partial charge in [-0.1, -0.05) is 25.1 Å². The molecule has 2 bridgehead atoms. The summed E-state index contributed by atoms with van der Waals surface area (Å²) in [6.45, 7) is 3.23. The Labute approximate surface area is 103 Å². The first-order chi connectivity index (χ1) is 8.29. The van der Waals surface area contributed by atoms with Gasteiger partial charge in [0, 0.05) is 23.8 Å². The number of para-hydroxylation sites is 1. The summed E-state index contributed by atoms with van der Waals surface area (Å²) in [5.41, 5.74) is 2.39. The second-order valence-corrected chi connectivity index (χ2v) is 5.47. The van der Waals surface area contributed by atoms with Crippen LogP contribution in [0.4, 0.5) is 5.69 Å². The van der Waals surface area contributed by atoms with E-state index in [2.05, 4.69) is 23.1 Å². The summed E-state index contributed by atoms with van der Waals surface area (Å²) >= 11 is 0. The monoisotopic (exact) mass is 231 g/mol. The minimum atomic E-state index is -0.315. The molecule has 1 aliphatic carbocycles. The van der Waals surface area contributed by atoms with E-state index in [1.807, 2.05) is 13.0 Å². The first kappa shape index (κ1) is 11.1. The first-order valence-corrected chi connectivity index (χ1v) is 6.83. The van der Waals surface area contributed by atoms with E-state index in [-0.39, 0.29) is 6.10 Å². The number of hydrogen-bond donors (Lipinski definition) is 1. The number of fused-ring (bicyclic) bond motifs is 2. The molecule has 0 radical (unpaired) electrons. The molecule has 1 saturated heterocycles. The minimum absolute atomic E-state index is 0.315. The Balaban J connectivity index is 1.92. The lowest BCUT2D eigenvalue weighted by atomic mass is 10.0. The second kappa shape index (κ2) is 4.34. The molecule has 0 amide bonds. The van der Waals surface area contributed by atoms with Crippen LogP contribution in [0.5, 0.6) is 0 Å². The zero-order valence-electron chi connectivity index (χ0n) is 10.5. The fourth-order valence-electron chi connectivity index (χ4n) is 3.47. The van der Waals surface area contributed by atoms with E-state index in [9.17, 15) is 5.11 Å². The maximum absolute atomic E-state index is 10.1. The number of aliphatic hydroxyl groups is 1. The van der Waals surface area contributed by atoms with Crippen LogP contribution in [0, 0.1) is 5.92 Å². The number of anilines is 1. The molecule has 92 valence electrons. The van der Waals surface area contributed by atoms with Crippen LogP contribution in [0.15, 0.2) is 24.3 Å². The summed E-state index contributed by atoms with van der Waals surface area (Å²) in [7, 11) is 0. The molecule has 0 aromatic heterocycles. The van der Waals surface area contributed by atoms with Gasteiger partial charge in [0.1, 0.15) is 0 Å². The van der Waals surface area contributed by atoms with Crippen molar-refractivity contribution in [2.24, 2.45) is 5.92 Å². The van der Waals surface area contributed by atoms with Crippen LogP contribution in [-0.2, 0) is 0 Å². The third-order valence-electron chi connectivity index (χ3n) is 4.40. The van der Waals surface area contributed by atoms with E-state index in [4.69, 9.17) is 0 Å². The van der Waals surface area contributed by atoms with E-state index in [1.54, 1.807) is 0 Å². The van der Waals surface area contributed by atoms with E-state index < -0.39 is 0 Å². The molecule has 2 fully saturated rings. The molecule has 1 aromatic carbocycles. The third-order valence-corrected chi connectivity index (χ3v) is 4.40. The standard InChI is InChI=1S/C15H21NO/c1-2-15(17)13-5-3-4-6-14(13)16-10-11-7-8-12(16)9-11/h3-6,11-12,15,17H,2,7-10H2,1H3/t11?,12?,15-/m1/s1. The van der Waals surface area contributed by atoms with Gasteiger partial charge < -0.3 is 10.0 Å². The first-order valence-electron chi connectivity index (χ1n) is 6.83. The van der Waals surface area contributed by atoms with Crippen molar-refractivity contribution in [3.63, 3.8) is 0 Å². The van der Waals surface area contributed by atoms with Crippen molar-refractivity contribution >= 4 is 5.69 Å². The summed E-state index contributed by atoms with van der Waals surface area (Å²) in [5.74, 6) is 0.895. The van der Waals surface area contributed by atoms with Crippen molar-refractivity contribution in [2.45, 2.75) is 44.8 Å². The highest BCUT2D eigenvalue weighted by Crippen LogP contribution is 2.42. The molecule has 3 atom stereocenters. The predicted molar refractivity (Wildman–Crippen MR) is 70.2 cm³/mol. The van der Waals surface area contributed by atoms with Crippen LogP contribution in [0.1, 0.15) is 44.3 Å². The van der Waals surface area contributed by atoms with Crippen LogP contribution >= 0.6 is 0 Å². The van der Waals surface area contributed by atoms with Gasteiger partial charge in [0.05, 0.1) is 6.10 Å². The average molecular weight is 231 g/mol. The maximum Gasteiger partial charge on any atom is 0.0807 e. The van der Waals surface area contributed by atoms with Gasteiger partial charge in [-0.05, 0) is 37.7 Å². The Bertz CT molecular complexity index is 404. The number of aliphatic hydroxyl groups excluding tert-OH is 1. The fraction of sp³-hybridized carbons (Fsp3) is 0.600. The van der Waals surface area contributed by atoms with E-state index in [0.717, 1.165) is 23.9 Å². The normalized spacial score (nSPS) is 28.7. The van der Waals surface area contributed by atoms with Gasteiger partial charge in [-0.25, -0.2) is 0 Å². The van der Waals surface area contributed by atoms with Gasteiger partial charge in [-0.3, -0.25) is 0 Å². The quantitative estimate of drug-likeness (QED) is 0.864. The van der Waals surface area contributed by atoms with E-state index in [0.29, 0.717) is 0 Å². The molecule has 1 aromatic rings. The predicted octanol–water partition coefficient (Wildman–Crippen LogP) is 3.12. The van der Waals surface area contributed by atoms with Gasteiger partial charge in [-0.15, -0.1) is 0 Å². The molecule has 0 spiro atoms. The topological polar surface area (TPSA) is 23.5 Å². The largest absolute Gasteiger partial charge is 0.388 e. The molecular formula is C15H21NO. The van der Waals surface area contributed by atoms with Crippen LogP contribution < -0.4 is 4.90 Å². The van der Waals surface area contributed by atoms with Crippen molar-refractivity contribution in [1.29, 1.82) is 0 Å². The van der Waals surface area contributed by atoms with Crippen molar-refractivity contribution in [3.8, 4) is 0 Å². The SMILES string of the molecule is CC[C@@H](O)c1ccccc1N1CC2CCC1C2. The van der Waals surface area contributed by atoms with Crippen molar-refractivity contribution in [2.75, 3.05) is 11.4 Å². The van der Waals surface area contributed by atoms with Gasteiger partial charge in [0.15, 0.2) is 0 Å². The molecule has 17 heavy (non-hydrogen) atoms. The molecule has 2 nitrogen and oxygen atoms in total. The molecule has 1 N–H and O–H groups in total. The lowest BCUT2D eigenvalue weighted by molar-refractivity contribution is 0.174. The highest BCUT2D eigenvalue weighted by Gasteiger charge is 2.38. The Morgan fingerprint density at radius 3 is 2.82 bits per heavy atom. The number of piperidine rings is 1. The molecule has 1 heterocycles. The van der Waals surface area contributed by atoms with Crippen molar-refractivity contribution < 1.29 is 5.11 Å². The molecule has 2 aliphatic rings. The van der Waals surface area contributed by atoms with Crippen LogP contribution in [-0.4, -0.2) is 17.7 Å².